The van der Waals surface area contributed by atoms with Crippen molar-refractivity contribution < 1.29 is 4.74 Å². The fraction of sp³-hybridized carbons (Fsp3) is 0.222. The molecule has 0 saturated carbocycles. The molecule has 2 aromatic rings. The summed E-state index contributed by atoms with van der Waals surface area (Å²) < 4.78 is 6.27. The first-order valence-corrected chi connectivity index (χ1v) is 11.2. The number of hydrogen-bond acceptors (Lipinski definition) is 1. The third-order valence-corrected chi connectivity index (χ3v) is 4.50. The Hall–Kier alpha value is -1.50. The lowest BCUT2D eigenvalue weighted by Gasteiger charge is -2.10. The monoisotopic (exact) mass is 358 g/mol. The minimum atomic E-state index is -1.39. The van der Waals surface area contributed by atoms with Gasteiger partial charge in [-0.05, 0) is 35.4 Å². The number of benzene rings is 2. The van der Waals surface area contributed by atoms with Gasteiger partial charge in [-0.1, -0.05) is 59.7 Å². The van der Waals surface area contributed by atoms with Crippen LogP contribution < -0.4 is 4.74 Å². The molecule has 0 N–H and O–H groups in total. The summed E-state index contributed by atoms with van der Waals surface area (Å²) in [6, 6.07) is 14.3. The molecule has 0 unspecified atom stereocenters. The van der Waals surface area contributed by atoms with Gasteiger partial charge < -0.3 is 4.74 Å². The molecule has 108 valence electrons. The van der Waals surface area contributed by atoms with Gasteiger partial charge in [-0.2, -0.15) is 0 Å². The molecule has 0 aliphatic rings. The van der Waals surface area contributed by atoms with Crippen LogP contribution in [0.3, 0.4) is 0 Å². The van der Waals surface area contributed by atoms with Crippen LogP contribution in [0, 0.1) is 11.5 Å². The van der Waals surface area contributed by atoms with Gasteiger partial charge in [0.05, 0.1) is 7.11 Å². The van der Waals surface area contributed by atoms with E-state index in [-0.39, 0.29) is 0 Å². The number of methoxy groups -OCH3 is 1. The lowest BCUT2D eigenvalue weighted by Crippen LogP contribution is -2.16. The smallest absolute Gasteiger partial charge is 0.129 e. The highest BCUT2D eigenvalue weighted by Gasteiger charge is 2.10. The maximum Gasteiger partial charge on any atom is 0.129 e. The molecular formula is C18H19BrOSi. The standard InChI is InChI=1S/C18H19BrOSi/c1-20-15-9-10-17(18(19)13-15)16-8-6-5-7-14(16)11-12-21(2,3)4/h5-10,13H,1-4H3. The van der Waals surface area contributed by atoms with E-state index in [0.717, 1.165) is 26.9 Å². The normalized spacial score (nSPS) is 10.7. The number of rotatable bonds is 2. The minimum absolute atomic E-state index is 0.844. The Morgan fingerprint density at radius 1 is 1.00 bits per heavy atom. The molecular weight excluding hydrogens is 340 g/mol. The molecule has 0 atom stereocenters. The fourth-order valence-electron chi connectivity index (χ4n) is 1.92. The van der Waals surface area contributed by atoms with Crippen molar-refractivity contribution in [2.75, 3.05) is 7.11 Å². The Bertz CT molecular complexity index is 705. The summed E-state index contributed by atoms with van der Waals surface area (Å²) in [4.78, 5) is 0. The quantitative estimate of drug-likeness (QED) is 0.519. The lowest BCUT2D eigenvalue weighted by molar-refractivity contribution is 0.414. The van der Waals surface area contributed by atoms with Crippen LogP contribution in [-0.4, -0.2) is 15.2 Å². The molecule has 0 amide bonds. The van der Waals surface area contributed by atoms with Crippen LogP contribution in [0.15, 0.2) is 46.9 Å². The molecule has 0 radical (unpaired) electrons. The van der Waals surface area contributed by atoms with Gasteiger partial charge in [0, 0.05) is 10.0 Å². The topological polar surface area (TPSA) is 9.23 Å². The van der Waals surface area contributed by atoms with Crippen LogP contribution in [0.4, 0.5) is 0 Å². The van der Waals surface area contributed by atoms with E-state index in [4.69, 9.17) is 4.74 Å². The van der Waals surface area contributed by atoms with E-state index in [1.807, 2.05) is 24.3 Å². The van der Waals surface area contributed by atoms with Crippen molar-refractivity contribution >= 4 is 24.0 Å². The van der Waals surface area contributed by atoms with Crippen LogP contribution >= 0.6 is 15.9 Å². The summed E-state index contributed by atoms with van der Waals surface area (Å²) in [5, 5.41) is 0. The van der Waals surface area contributed by atoms with Gasteiger partial charge in [0.2, 0.25) is 0 Å². The molecule has 2 aromatic carbocycles. The molecule has 0 heterocycles. The molecule has 0 fully saturated rings. The molecule has 1 nitrogen and oxygen atoms in total. The first-order valence-electron chi connectivity index (χ1n) is 6.87. The molecule has 0 aromatic heterocycles. The highest BCUT2D eigenvalue weighted by atomic mass is 79.9. The molecule has 0 spiro atoms. The number of hydrogen-bond donors (Lipinski definition) is 0. The van der Waals surface area contributed by atoms with Crippen LogP contribution in [0.1, 0.15) is 5.56 Å². The highest BCUT2D eigenvalue weighted by molar-refractivity contribution is 9.10. The van der Waals surface area contributed by atoms with Crippen molar-refractivity contribution in [1.29, 1.82) is 0 Å². The molecule has 0 saturated heterocycles. The van der Waals surface area contributed by atoms with Crippen LogP contribution in [-0.2, 0) is 0 Å². The Morgan fingerprint density at radius 3 is 2.33 bits per heavy atom. The summed E-state index contributed by atoms with van der Waals surface area (Å²) in [7, 11) is 0.290. The highest BCUT2D eigenvalue weighted by Crippen LogP contribution is 2.33. The maximum atomic E-state index is 5.26. The lowest BCUT2D eigenvalue weighted by atomic mass is 10.00. The third kappa shape index (κ3) is 4.23. The van der Waals surface area contributed by atoms with Crippen molar-refractivity contribution in [3.63, 3.8) is 0 Å². The summed E-state index contributed by atoms with van der Waals surface area (Å²) in [6.07, 6.45) is 0. The Balaban J connectivity index is 2.52. The van der Waals surface area contributed by atoms with E-state index in [1.54, 1.807) is 7.11 Å². The van der Waals surface area contributed by atoms with Crippen molar-refractivity contribution in [3.8, 4) is 28.3 Å². The van der Waals surface area contributed by atoms with E-state index in [2.05, 4.69) is 65.2 Å². The number of ether oxygens (including phenoxy) is 1. The zero-order valence-electron chi connectivity index (χ0n) is 12.8. The van der Waals surface area contributed by atoms with E-state index in [9.17, 15) is 0 Å². The van der Waals surface area contributed by atoms with Crippen LogP contribution in [0.2, 0.25) is 19.6 Å². The summed E-state index contributed by atoms with van der Waals surface area (Å²) >= 11 is 3.63. The Morgan fingerprint density at radius 2 is 1.71 bits per heavy atom. The average molecular weight is 359 g/mol. The molecule has 0 aliphatic heterocycles. The van der Waals surface area contributed by atoms with E-state index < -0.39 is 8.07 Å². The first-order chi connectivity index (χ1) is 9.90. The summed E-state index contributed by atoms with van der Waals surface area (Å²) in [5.74, 6) is 4.21. The van der Waals surface area contributed by atoms with Gasteiger partial charge in [-0.15, -0.1) is 5.54 Å². The van der Waals surface area contributed by atoms with Crippen molar-refractivity contribution in [3.05, 3.63) is 52.5 Å². The second-order valence-corrected chi connectivity index (χ2v) is 11.5. The average Bonchev–Trinajstić information content (AvgIpc) is 2.44. The fourth-order valence-corrected chi connectivity index (χ4v) is 3.00. The molecule has 0 aliphatic carbocycles. The van der Waals surface area contributed by atoms with Crippen LogP contribution in [0.5, 0.6) is 5.75 Å². The predicted molar refractivity (Wildman–Crippen MR) is 96.4 cm³/mol. The van der Waals surface area contributed by atoms with Crippen molar-refractivity contribution in [1.82, 2.24) is 0 Å². The molecule has 3 heteroatoms. The molecule has 0 bridgehead atoms. The van der Waals surface area contributed by atoms with Gasteiger partial charge >= 0.3 is 0 Å². The van der Waals surface area contributed by atoms with E-state index in [0.29, 0.717) is 0 Å². The minimum Gasteiger partial charge on any atom is -0.497 e. The molecule has 2 rings (SSSR count). The second-order valence-electron chi connectivity index (χ2n) is 5.89. The summed E-state index contributed by atoms with van der Waals surface area (Å²) in [6.45, 7) is 6.77. The van der Waals surface area contributed by atoms with Gasteiger partial charge in [0.1, 0.15) is 13.8 Å². The molecule has 21 heavy (non-hydrogen) atoms. The van der Waals surface area contributed by atoms with Crippen molar-refractivity contribution in [2.45, 2.75) is 19.6 Å². The first kappa shape index (κ1) is 15.9. The van der Waals surface area contributed by atoms with Crippen molar-refractivity contribution in [2.24, 2.45) is 0 Å². The summed E-state index contributed by atoms with van der Waals surface area (Å²) in [5.41, 5.74) is 6.80. The van der Waals surface area contributed by atoms with Gasteiger partial charge in [0.15, 0.2) is 0 Å². The zero-order chi connectivity index (χ0) is 15.5. The maximum absolute atomic E-state index is 5.26. The van der Waals surface area contributed by atoms with Gasteiger partial charge in [0.25, 0.3) is 0 Å². The second kappa shape index (κ2) is 6.51. The largest absolute Gasteiger partial charge is 0.497 e. The Labute approximate surface area is 136 Å². The zero-order valence-corrected chi connectivity index (χ0v) is 15.4. The van der Waals surface area contributed by atoms with Crippen LogP contribution in [0.25, 0.3) is 11.1 Å². The van der Waals surface area contributed by atoms with Gasteiger partial charge in [-0.3, -0.25) is 0 Å². The predicted octanol–water partition coefficient (Wildman–Crippen LogP) is 5.35. The van der Waals surface area contributed by atoms with E-state index in [1.165, 1.54) is 0 Å². The third-order valence-electron chi connectivity index (χ3n) is 2.97. The SMILES string of the molecule is COc1ccc(-c2ccccc2C#C[Si](C)(C)C)c(Br)c1. The van der Waals surface area contributed by atoms with E-state index >= 15 is 0 Å². The Kier molecular flexibility index (Phi) is 4.92. The number of halogens is 1. The van der Waals surface area contributed by atoms with Gasteiger partial charge in [-0.25, -0.2) is 0 Å².